The first-order valence-corrected chi connectivity index (χ1v) is 26.6. The molecule has 0 atom stereocenters. The number of rotatable bonds is 6. The molecule has 0 saturated carbocycles. The van der Waals surface area contributed by atoms with E-state index in [0.29, 0.717) is 0 Å². The van der Waals surface area contributed by atoms with Crippen LogP contribution in [0.4, 0.5) is 17.1 Å². The van der Waals surface area contributed by atoms with E-state index in [4.69, 9.17) is 4.42 Å². The summed E-state index contributed by atoms with van der Waals surface area (Å²) in [5, 5.41) is 4.61. The predicted molar refractivity (Wildman–Crippen MR) is 316 cm³/mol. The summed E-state index contributed by atoms with van der Waals surface area (Å²) in [6.07, 6.45) is 0. The van der Waals surface area contributed by atoms with Gasteiger partial charge in [0.15, 0.2) is 0 Å². The van der Waals surface area contributed by atoms with Crippen LogP contribution < -0.4 is 4.90 Å². The van der Waals surface area contributed by atoms with Crippen LogP contribution in [0.25, 0.3) is 99.5 Å². The summed E-state index contributed by atoms with van der Waals surface area (Å²) in [5.41, 5.74) is 27.5. The molecule has 1 aromatic heterocycles. The average Bonchev–Trinajstić information content (AvgIpc) is 4.35. The molecule has 2 nitrogen and oxygen atoms in total. The molecule has 16 rings (SSSR count). The van der Waals surface area contributed by atoms with E-state index in [2.05, 4.69) is 280 Å². The van der Waals surface area contributed by atoms with Crippen LogP contribution in [0.3, 0.4) is 0 Å². The second kappa shape index (κ2) is 16.0. The number of para-hydroxylation sites is 1. The van der Waals surface area contributed by atoms with E-state index in [1.54, 1.807) is 0 Å². The third kappa shape index (κ3) is 5.93. The van der Waals surface area contributed by atoms with Crippen molar-refractivity contribution in [3.63, 3.8) is 0 Å². The lowest BCUT2D eigenvalue weighted by Gasteiger charge is -2.31. The van der Waals surface area contributed by atoms with E-state index in [9.17, 15) is 0 Å². The summed E-state index contributed by atoms with van der Waals surface area (Å²) in [4.78, 5) is 2.44. The van der Waals surface area contributed by atoms with Crippen LogP contribution in [0.15, 0.2) is 265 Å². The Bertz CT molecular complexity index is 4500. The van der Waals surface area contributed by atoms with E-state index in [0.717, 1.165) is 50.1 Å². The lowest BCUT2D eigenvalue weighted by atomic mass is 9.70. The van der Waals surface area contributed by atoms with Crippen molar-refractivity contribution in [3.8, 4) is 66.8 Å². The second-order valence-electron chi connectivity index (χ2n) is 21.5. The smallest absolute Gasteiger partial charge is 0.137 e. The molecule has 0 unspecified atom stereocenters. The molecule has 356 valence electrons. The topological polar surface area (TPSA) is 16.4 Å². The number of hydrogen-bond acceptors (Lipinski definition) is 2. The fraction of sp³-hybridized carbons (Fsp3) is 0.0541. The van der Waals surface area contributed by atoms with Gasteiger partial charge in [-0.2, -0.15) is 0 Å². The number of furan rings is 1. The maximum Gasteiger partial charge on any atom is 0.137 e. The molecule has 0 aliphatic heterocycles. The van der Waals surface area contributed by atoms with Crippen molar-refractivity contribution in [2.24, 2.45) is 0 Å². The van der Waals surface area contributed by atoms with Crippen LogP contribution in [0.5, 0.6) is 0 Å². The molecule has 1 heterocycles. The van der Waals surface area contributed by atoms with E-state index in [1.807, 2.05) is 0 Å². The molecule has 0 radical (unpaired) electrons. The molecule has 0 N–H and O–H groups in total. The summed E-state index contributed by atoms with van der Waals surface area (Å²) in [6, 6.07) is 97.0. The van der Waals surface area contributed by atoms with Gasteiger partial charge in [0, 0.05) is 22.2 Å². The lowest BCUT2D eigenvalue weighted by Crippen LogP contribution is -2.26. The van der Waals surface area contributed by atoms with Gasteiger partial charge in [-0.25, -0.2) is 0 Å². The molecule has 76 heavy (non-hydrogen) atoms. The Labute approximate surface area is 442 Å². The van der Waals surface area contributed by atoms with Gasteiger partial charge in [0.25, 0.3) is 0 Å². The van der Waals surface area contributed by atoms with Gasteiger partial charge >= 0.3 is 0 Å². The van der Waals surface area contributed by atoms with Crippen LogP contribution in [-0.2, 0) is 10.8 Å². The standard InChI is InChI=1S/C74H49NO/c1-73(2)64-40-41-65-71(58-25-10-14-30-63(58)74(65)61-28-12-8-23-56(61)57-24-9-13-29-62(57)74)70(64)59-39-36-49(45-66(59)73)50-42-51(55-27-16-21-48-20-6-7-22-54(48)55)44-53(43-50)75(52-37-34-47(35-38-52)46-18-4-3-5-19-46)67-31-17-33-69-72(67)60-26-11-15-32-68(60)76-69/h3-45H,1-2H3. The SMILES string of the molecule is CC1(C)c2cc(-c3cc(-c4cccc5ccccc45)cc(N(c4ccc(-c5ccccc5)cc4)c4cccc5oc6ccccc6c45)c3)ccc2-c2c1ccc1c2-c2ccccc2C12c1ccccc1-c1ccccc12. The van der Waals surface area contributed by atoms with Crippen molar-refractivity contribution in [2.75, 3.05) is 4.90 Å². The van der Waals surface area contributed by atoms with Crippen molar-refractivity contribution in [1.82, 2.24) is 0 Å². The largest absolute Gasteiger partial charge is 0.456 e. The Morgan fingerprint density at radius 1 is 0.316 bits per heavy atom. The van der Waals surface area contributed by atoms with Gasteiger partial charge in [-0.1, -0.05) is 220 Å². The molecule has 0 amide bonds. The molecule has 1 spiro atoms. The summed E-state index contributed by atoms with van der Waals surface area (Å²) in [6.45, 7) is 4.86. The number of anilines is 3. The zero-order valence-electron chi connectivity index (χ0n) is 42.2. The predicted octanol–water partition coefficient (Wildman–Crippen LogP) is 19.9. The molecule has 0 saturated heterocycles. The van der Waals surface area contributed by atoms with Crippen molar-refractivity contribution in [2.45, 2.75) is 24.7 Å². The van der Waals surface area contributed by atoms with Gasteiger partial charge in [-0.15, -0.1) is 0 Å². The van der Waals surface area contributed by atoms with Crippen LogP contribution in [0, 0.1) is 0 Å². The Balaban J connectivity index is 0.924. The van der Waals surface area contributed by atoms with Gasteiger partial charge in [-0.3, -0.25) is 0 Å². The molecule has 3 aliphatic rings. The molecule has 3 aliphatic carbocycles. The molecular formula is C74H49NO. The van der Waals surface area contributed by atoms with Crippen LogP contribution >= 0.6 is 0 Å². The summed E-state index contributed by atoms with van der Waals surface area (Å²) >= 11 is 0. The van der Waals surface area contributed by atoms with E-state index in [-0.39, 0.29) is 5.41 Å². The lowest BCUT2D eigenvalue weighted by molar-refractivity contribution is 0.660. The molecule has 0 fully saturated rings. The fourth-order valence-electron chi connectivity index (χ4n) is 13.9. The maximum absolute atomic E-state index is 6.59. The first-order chi connectivity index (χ1) is 37.4. The van der Waals surface area contributed by atoms with Crippen LogP contribution in [-0.4, -0.2) is 0 Å². The van der Waals surface area contributed by atoms with E-state index in [1.165, 1.54) is 99.8 Å². The maximum atomic E-state index is 6.59. The normalized spacial score (nSPS) is 13.9. The van der Waals surface area contributed by atoms with Crippen molar-refractivity contribution in [1.29, 1.82) is 0 Å². The first-order valence-electron chi connectivity index (χ1n) is 26.6. The second-order valence-corrected chi connectivity index (χ2v) is 21.5. The molecule has 12 aromatic carbocycles. The van der Waals surface area contributed by atoms with E-state index >= 15 is 0 Å². The van der Waals surface area contributed by atoms with Gasteiger partial charge in [-0.05, 0) is 166 Å². The van der Waals surface area contributed by atoms with Gasteiger partial charge < -0.3 is 9.32 Å². The van der Waals surface area contributed by atoms with Gasteiger partial charge in [0.2, 0.25) is 0 Å². The number of nitrogens with zero attached hydrogens (tertiary/aromatic N) is 1. The molecule has 13 aromatic rings. The van der Waals surface area contributed by atoms with Crippen molar-refractivity contribution < 1.29 is 4.42 Å². The summed E-state index contributed by atoms with van der Waals surface area (Å²) < 4.78 is 6.59. The highest BCUT2D eigenvalue weighted by atomic mass is 16.3. The quantitative estimate of drug-likeness (QED) is 0.165. The monoisotopic (exact) mass is 967 g/mol. The Hall–Kier alpha value is -9.50. The summed E-state index contributed by atoms with van der Waals surface area (Å²) in [7, 11) is 0. The fourth-order valence-corrected chi connectivity index (χ4v) is 13.9. The third-order valence-corrected chi connectivity index (χ3v) is 17.3. The Morgan fingerprint density at radius 3 is 1.66 bits per heavy atom. The molecular weight excluding hydrogens is 919 g/mol. The Morgan fingerprint density at radius 2 is 0.868 bits per heavy atom. The highest BCUT2D eigenvalue weighted by Crippen LogP contribution is 2.66. The van der Waals surface area contributed by atoms with Crippen LogP contribution in [0.2, 0.25) is 0 Å². The minimum absolute atomic E-state index is 0.271. The minimum atomic E-state index is -0.403. The van der Waals surface area contributed by atoms with Crippen molar-refractivity contribution >= 4 is 49.8 Å². The molecule has 0 bridgehead atoms. The van der Waals surface area contributed by atoms with Gasteiger partial charge in [0.05, 0.1) is 16.5 Å². The number of benzene rings is 12. The number of hydrogen-bond donors (Lipinski definition) is 0. The third-order valence-electron chi connectivity index (χ3n) is 17.3. The highest BCUT2D eigenvalue weighted by Gasteiger charge is 2.53. The zero-order chi connectivity index (χ0) is 50.3. The average molecular weight is 968 g/mol. The zero-order valence-corrected chi connectivity index (χ0v) is 42.2. The van der Waals surface area contributed by atoms with E-state index < -0.39 is 5.41 Å². The van der Waals surface area contributed by atoms with Gasteiger partial charge in [0.1, 0.15) is 11.2 Å². The summed E-state index contributed by atoms with van der Waals surface area (Å²) in [5.74, 6) is 0. The van der Waals surface area contributed by atoms with Crippen molar-refractivity contribution in [3.05, 3.63) is 294 Å². The first kappa shape index (κ1) is 43.0. The Kier molecular flexibility index (Phi) is 9.04. The number of fused-ring (bicyclic) bond motifs is 18. The highest BCUT2D eigenvalue weighted by molar-refractivity contribution is 6.14. The molecule has 2 heteroatoms. The van der Waals surface area contributed by atoms with Crippen LogP contribution in [0.1, 0.15) is 47.2 Å². The minimum Gasteiger partial charge on any atom is -0.456 e.